The molecule has 1 heterocycles. The van der Waals surface area contributed by atoms with Crippen molar-refractivity contribution in [3.8, 4) is 16.9 Å². The van der Waals surface area contributed by atoms with Crippen molar-refractivity contribution in [3.05, 3.63) is 88.6 Å². The standard InChI is InChI=1S/C28H26ClNO3/c1-5-32-27-19(4)28-23(24(16-33-28)20-9-7-6-8-10-20)15-22(27)18(3)13-26(31)30-25-14-21(29)12-11-17(25)2/h6-16H,5H2,1-4H3,(H,30,31)/b18-13+. The van der Waals surface area contributed by atoms with Gasteiger partial charge >= 0.3 is 0 Å². The van der Waals surface area contributed by atoms with Crippen LogP contribution in [0.2, 0.25) is 5.02 Å². The summed E-state index contributed by atoms with van der Waals surface area (Å²) >= 11 is 6.09. The fraction of sp³-hybridized carbons (Fsp3) is 0.179. The summed E-state index contributed by atoms with van der Waals surface area (Å²) < 4.78 is 11.9. The van der Waals surface area contributed by atoms with Crippen LogP contribution >= 0.6 is 11.6 Å². The number of hydrogen-bond acceptors (Lipinski definition) is 3. The van der Waals surface area contributed by atoms with Crippen LogP contribution in [0, 0.1) is 13.8 Å². The van der Waals surface area contributed by atoms with Gasteiger partial charge in [-0.15, -0.1) is 0 Å². The second-order valence-corrected chi connectivity index (χ2v) is 8.42. The largest absolute Gasteiger partial charge is 0.493 e. The van der Waals surface area contributed by atoms with Gasteiger partial charge in [-0.25, -0.2) is 0 Å². The Morgan fingerprint density at radius 3 is 2.61 bits per heavy atom. The number of furan rings is 1. The van der Waals surface area contributed by atoms with E-state index in [9.17, 15) is 4.79 Å². The van der Waals surface area contributed by atoms with E-state index in [1.54, 1.807) is 24.5 Å². The Hall–Kier alpha value is -3.50. The van der Waals surface area contributed by atoms with Crippen LogP contribution in [0.3, 0.4) is 0 Å². The number of benzene rings is 3. The van der Waals surface area contributed by atoms with Gasteiger partial charge in [0, 0.05) is 38.9 Å². The number of carbonyl (C=O) groups excluding carboxylic acids is 1. The molecule has 4 aromatic rings. The zero-order valence-electron chi connectivity index (χ0n) is 19.2. The van der Waals surface area contributed by atoms with Crippen molar-refractivity contribution in [2.45, 2.75) is 27.7 Å². The molecule has 0 saturated carbocycles. The minimum Gasteiger partial charge on any atom is -0.493 e. The van der Waals surface area contributed by atoms with Crippen LogP contribution in [0.5, 0.6) is 5.75 Å². The lowest BCUT2D eigenvalue weighted by Gasteiger charge is -2.15. The zero-order chi connectivity index (χ0) is 23.5. The maximum absolute atomic E-state index is 12.8. The number of aryl methyl sites for hydroxylation is 2. The highest BCUT2D eigenvalue weighted by molar-refractivity contribution is 6.31. The molecule has 4 rings (SSSR count). The summed E-state index contributed by atoms with van der Waals surface area (Å²) in [5, 5.41) is 4.48. The van der Waals surface area contributed by atoms with Gasteiger partial charge in [0.05, 0.1) is 12.9 Å². The number of halogens is 1. The molecule has 0 aliphatic rings. The highest BCUT2D eigenvalue weighted by atomic mass is 35.5. The first-order valence-electron chi connectivity index (χ1n) is 10.9. The fourth-order valence-electron chi connectivity index (χ4n) is 3.95. The minimum atomic E-state index is -0.228. The van der Waals surface area contributed by atoms with Gasteiger partial charge in [-0.05, 0) is 62.6 Å². The molecule has 1 aromatic heterocycles. The van der Waals surface area contributed by atoms with Crippen molar-refractivity contribution < 1.29 is 13.9 Å². The van der Waals surface area contributed by atoms with Crippen molar-refractivity contribution in [2.24, 2.45) is 0 Å². The van der Waals surface area contributed by atoms with E-state index >= 15 is 0 Å². The van der Waals surface area contributed by atoms with E-state index in [1.165, 1.54) is 0 Å². The molecule has 0 atom stereocenters. The molecule has 0 bridgehead atoms. The topological polar surface area (TPSA) is 51.5 Å². The maximum atomic E-state index is 12.8. The summed E-state index contributed by atoms with van der Waals surface area (Å²) in [4.78, 5) is 12.8. The van der Waals surface area contributed by atoms with Crippen molar-refractivity contribution in [3.63, 3.8) is 0 Å². The first-order chi connectivity index (χ1) is 15.9. The number of ether oxygens (including phenoxy) is 1. The van der Waals surface area contributed by atoms with E-state index < -0.39 is 0 Å². The van der Waals surface area contributed by atoms with Gasteiger partial charge in [0.25, 0.3) is 0 Å². The Kier molecular flexibility index (Phi) is 6.57. The summed E-state index contributed by atoms with van der Waals surface area (Å²) in [5.74, 6) is 0.494. The van der Waals surface area contributed by atoms with E-state index in [-0.39, 0.29) is 5.91 Å². The third-order valence-electron chi connectivity index (χ3n) is 5.65. The van der Waals surface area contributed by atoms with Gasteiger partial charge in [0.1, 0.15) is 11.3 Å². The molecule has 168 valence electrons. The summed E-state index contributed by atoms with van der Waals surface area (Å²) in [7, 11) is 0. The molecule has 0 aliphatic carbocycles. The summed E-state index contributed by atoms with van der Waals surface area (Å²) in [6.07, 6.45) is 3.37. The number of rotatable bonds is 6. The van der Waals surface area contributed by atoms with Crippen molar-refractivity contribution >= 4 is 39.7 Å². The Bertz CT molecular complexity index is 1350. The van der Waals surface area contributed by atoms with Gasteiger partial charge in [-0.3, -0.25) is 4.79 Å². The number of hydrogen-bond donors (Lipinski definition) is 1. The smallest absolute Gasteiger partial charge is 0.248 e. The van der Waals surface area contributed by atoms with Crippen molar-refractivity contribution in [1.29, 1.82) is 0 Å². The number of fused-ring (bicyclic) bond motifs is 1. The summed E-state index contributed by atoms with van der Waals surface area (Å²) in [6, 6.07) is 17.6. The minimum absolute atomic E-state index is 0.228. The van der Waals surface area contributed by atoms with E-state index in [2.05, 4.69) is 17.4 Å². The van der Waals surface area contributed by atoms with Crippen LogP contribution in [0.25, 0.3) is 27.7 Å². The van der Waals surface area contributed by atoms with Crippen LogP contribution < -0.4 is 10.1 Å². The molecule has 0 radical (unpaired) electrons. The lowest BCUT2D eigenvalue weighted by Crippen LogP contribution is -2.10. The third-order valence-corrected chi connectivity index (χ3v) is 5.88. The molecule has 0 fully saturated rings. The fourth-order valence-corrected chi connectivity index (χ4v) is 4.12. The molecular weight excluding hydrogens is 434 g/mol. The molecule has 1 N–H and O–H groups in total. The molecule has 0 aliphatic heterocycles. The Morgan fingerprint density at radius 2 is 1.88 bits per heavy atom. The van der Waals surface area contributed by atoms with E-state index in [4.69, 9.17) is 20.8 Å². The van der Waals surface area contributed by atoms with Gasteiger partial charge in [-0.2, -0.15) is 0 Å². The first-order valence-corrected chi connectivity index (χ1v) is 11.3. The van der Waals surface area contributed by atoms with Crippen LogP contribution in [0.15, 0.2) is 71.4 Å². The zero-order valence-corrected chi connectivity index (χ0v) is 19.9. The monoisotopic (exact) mass is 459 g/mol. The molecule has 3 aromatic carbocycles. The summed E-state index contributed by atoms with van der Waals surface area (Å²) in [6.45, 7) is 8.27. The lowest BCUT2D eigenvalue weighted by atomic mass is 9.96. The third kappa shape index (κ3) is 4.67. The van der Waals surface area contributed by atoms with Crippen LogP contribution in [-0.4, -0.2) is 12.5 Å². The van der Waals surface area contributed by atoms with E-state index in [0.717, 1.165) is 50.1 Å². The molecule has 0 spiro atoms. The molecule has 33 heavy (non-hydrogen) atoms. The lowest BCUT2D eigenvalue weighted by molar-refractivity contribution is -0.111. The average molecular weight is 460 g/mol. The molecule has 1 amide bonds. The second-order valence-electron chi connectivity index (χ2n) is 7.98. The quantitative estimate of drug-likeness (QED) is 0.299. The number of allylic oxidation sites excluding steroid dienone is 1. The van der Waals surface area contributed by atoms with Crippen LogP contribution in [0.1, 0.15) is 30.5 Å². The first kappa shape index (κ1) is 22.7. The number of nitrogens with one attached hydrogen (secondary N) is 1. The van der Waals surface area contributed by atoms with Crippen LogP contribution in [-0.2, 0) is 4.79 Å². The number of anilines is 1. The Morgan fingerprint density at radius 1 is 1.12 bits per heavy atom. The van der Waals surface area contributed by atoms with Crippen molar-refractivity contribution in [1.82, 2.24) is 0 Å². The number of amides is 1. The molecule has 0 unspecified atom stereocenters. The van der Waals surface area contributed by atoms with E-state index in [1.807, 2.05) is 58.0 Å². The SMILES string of the molecule is CCOc1c(/C(C)=C/C(=O)Nc2cc(Cl)ccc2C)cc2c(-c3ccccc3)coc2c1C. The van der Waals surface area contributed by atoms with Crippen LogP contribution in [0.4, 0.5) is 5.69 Å². The average Bonchev–Trinajstić information content (AvgIpc) is 3.23. The molecule has 5 heteroatoms. The molecular formula is C28H26ClNO3. The Labute approximate surface area is 198 Å². The van der Waals surface area contributed by atoms with Gasteiger partial charge in [-0.1, -0.05) is 48.0 Å². The van der Waals surface area contributed by atoms with Gasteiger partial charge in [0.2, 0.25) is 5.91 Å². The predicted molar refractivity (Wildman–Crippen MR) is 136 cm³/mol. The second kappa shape index (κ2) is 9.55. The summed E-state index contributed by atoms with van der Waals surface area (Å²) in [5.41, 5.74) is 7.05. The van der Waals surface area contributed by atoms with Crippen molar-refractivity contribution in [2.75, 3.05) is 11.9 Å². The van der Waals surface area contributed by atoms with Gasteiger partial charge in [0.15, 0.2) is 0 Å². The maximum Gasteiger partial charge on any atom is 0.248 e. The Balaban J connectivity index is 1.78. The normalized spacial score (nSPS) is 11.6. The van der Waals surface area contributed by atoms with Gasteiger partial charge < -0.3 is 14.5 Å². The molecule has 0 saturated heterocycles. The predicted octanol–water partition coefficient (Wildman–Crippen LogP) is 7.81. The number of carbonyl (C=O) groups is 1. The highest BCUT2D eigenvalue weighted by Crippen LogP contribution is 2.40. The molecule has 4 nitrogen and oxygen atoms in total. The van der Waals surface area contributed by atoms with E-state index in [0.29, 0.717) is 17.3 Å². The highest BCUT2D eigenvalue weighted by Gasteiger charge is 2.19.